The fourth-order valence-corrected chi connectivity index (χ4v) is 2.01. The summed E-state index contributed by atoms with van der Waals surface area (Å²) in [6.07, 6.45) is -3.27. The Bertz CT molecular complexity index is 423. The van der Waals surface area contributed by atoms with Crippen molar-refractivity contribution in [3.63, 3.8) is 0 Å². The summed E-state index contributed by atoms with van der Waals surface area (Å²) in [6.45, 7) is 1.96. The van der Waals surface area contributed by atoms with Crippen molar-refractivity contribution < 1.29 is 18.3 Å². The smallest absolute Gasteiger partial charge is 0.391 e. The van der Waals surface area contributed by atoms with Gasteiger partial charge in [0.1, 0.15) is 0 Å². The molecule has 2 nitrogen and oxygen atoms in total. The van der Waals surface area contributed by atoms with Crippen molar-refractivity contribution >= 4 is 11.6 Å². The Labute approximate surface area is 115 Å². The zero-order valence-corrected chi connectivity index (χ0v) is 11.3. The van der Waals surface area contributed by atoms with E-state index in [1.165, 1.54) is 6.07 Å². The van der Waals surface area contributed by atoms with E-state index in [9.17, 15) is 18.3 Å². The van der Waals surface area contributed by atoms with Crippen molar-refractivity contribution in [3.05, 3.63) is 34.3 Å². The Kier molecular flexibility index (Phi) is 5.64. The molecule has 1 rings (SSSR count). The van der Waals surface area contributed by atoms with Gasteiger partial charge in [-0.25, -0.2) is 0 Å². The van der Waals surface area contributed by atoms with Crippen LogP contribution in [0.5, 0.6) is 0 Å². The van der Waals surface area contributed by atoms with Gasteiger partial charge in [-0.3, -0.25) is 0 Å². The monoisotopic (exact) mass is 295 g/mol. The molecule has 0 spiro atoms. The van der Waals surface area contributed by atoms with E-state index in [-0.39, 0.29) is 10.6 Å². The lowest BCUT2D eigenvalue weighted by Gasteiger charge is -2.20. The Morgan fingerprint density at radius 1 is 1.37 bits per heavy atom. The molecule has 3 N–H and O–H groups in total. The molecule has 0 saturated heterocycles. The molecule has 6 heteroatoms. The van der Waals surface area contributed by atoms with Gasteiger partial charge in [-0.15, -0.1) is 0 Å². The van der Waals surface area contributed by atoms with Crippen molar-refractivity contribution in [2.45, 2.75) is 44.5 Å². The predicted octanol–water partition coefficient (Wildman–Crippen LogP) is 3.91. The maximum atomic E-state index is 12.7. The van der Waals surface area contributed by atoms with E-state index in [4.69, 9.17) is 17.3 Å². The summed E-state index contributed by atoms with van der Waals surface area (Å²) in [4.78, 5) is 0. The van der Waals surface area contributed by atoms with Crippen LogP contribution in [0.4, 0.5) is 13.2 Å². The average Bonchev–Trinajstić information content (AvgIpc) is 2.34. The van der Waals surface area contributed by atoms with Crippen molar-refractivity contribution in [1.82, 2.24) is 0 Å². The van der Waals surface area contributed by atoms with Crippen molar-refractivity contribution in [2.24, 2.45) is 5.73 Å². The lowest BCUT2D eigenvalue weighted by molar-refractivity contribution is -0.137. The van der Waals surface area contributed by atoms with Crippen molar-refractivity contribution in [2.75, 3.05) is 0 Å². The molecule has 1 aromatic carbocycles. The normalized spacial score (nSPS) is 15.3. The van der Waals surface area contributed by atoms with Crippen LogP contribution in [-0.4, -0.2) is 11.2 Å². The van der Waals surface area contributed by atoms with E-state index < -0.39 is 23.9 Å². The maximum Gasteiger partial charge on any atom is 0.417 e. The molecule has 0 unspecified atom stereocenters. The molecule has 0 radical (unpaired) electrons. The van der Waals surface area contributed by atoms with Gasteiger partial charge < -0.3 is 10.8 Å². The summed E-state index contributed by atoms with van der Waals surface area (Å²) in [6, 6.07) is 2.64. The molecule has 0 aliphatic rings. The molecule has 0 bridgehead atoms. The first kappa shape index (κ1) is 16.3. The first-order chi connectivity index (χ1) is 8.77. The number of benzene rings is 1. The molecule has 108 valence electrons. The van der Waals surface area contributed by atoms with Crippen LogP contribution in [0.2, 0.25) is 5.02 Å². The SMILES string of the molecule is CCCC[C@@H](O)[C@@H](N)c1ccc(Cl)c(C(F)(F)F)c1. The Hall–Kier alpha value is -0.780. The number of halogens is 4. The average molecular weight is 296 g/mol. The van der Waals surface area contributed by atoms with Crippen LogP contribution in [0.3, 0.4) is 0 Å². The van der Waals surface area contributed by atoms with Crippen LogP contribution in [0, 0.1) is 0 Å². The van der Waals surface area contributed by atoms with E-state index in [0.29, 0.717) is 6.42 Å². The van der Waals surface area contributed by atoms with Crippen LogP contribution in [0.15, 0.2) is 18.2 Å². The second-order valence-corrected chi connectivity index (χ2v) is 4.88. The van der Waals surface area contributed by atoms with Crippen LogP contribution in [0.25, 0.3) is 0 Å². The molecule has 2 atom stereocenters. The van der Waals surface area contributed by atoms with Gasteiger partial charge in [0.15, 0.2) is 0 Å². The number of rotatable bonds is 5. The summed E-state index contributed by atoms with van der Waals surface area (Å²) < 4.78 is 38.1. The molecule has 0 aliphatic heterocycles. The summed E-state index contributed by atoms with van der Waals surface area (Å²) in [5.41, 5.74) is 5.09. The van der Waals surface area contributed by atoms with Gasteiger partial charge in [-0.05, 0) is 24.1 Å². The molecular formula is C13H17ClF3NO. The Morgan fingerprint density at radius 2 is 2.00 bits per heavy atom. The minimum Gasteiger partial charge on any atom is -0.391 e. The fraction of sp³-hybridized carbons (Fsp3) is 0.538. The third-order valence-corrected chi connectivity index (χ3v) is 3.28. The molecule has 0 aromatic heterocycles. The summed E-state index contributed by atoms with van der Waals surface area (Å²) in [5.74, 6) is 0. The van der Waals surface area contributed by atoms with Crippen LogP contribution in [-0.2, 0) is 6.18 Å². The van der Waals surface area contributed by atoms with E-state index >= 15 is 0 Å². The quantitative estimate of drug-likeness (QED) is 0.865. The van der Waals surface area contributed by atoms with Crippen LogP contribution < -0.4 is 5.73 Å². The largest absolute Gasteiger partial charge is 0.417 e. The van der Waals surface area contributed by atoms with E-state index in [1.54, 1.807) is 0 Å². The zero-order chi connectivity index (χ0) is 14.6. The second-order valence-electron chi connectivity index (χ2n) is 4.47. The van der Waals surface area contributed by atoms with Gasteiger partial charge in [-0.1, -0.05) is 37.4 Å². The minimum absolute atomic E-state index is 0.236. The number of aliphatic hydroxyl groups is 1. The number of hydrogen-bond donors (Lipinski definition) is 2. The van der Waals surface area contributed by atoms with E-state index in [1.807, 2.05) is 6.92 Å². The Balaban J connectivity index is 2.95. The number of hydrogen-bond acceptors (Lipinski definition) is 2. The molecule has 0 fully saturated rings. The maximum absolute atomic E-state index is 12.7. The van der Waals surface area contributed by atoms with Gasteiger partial charge in [0.25, 0.3) is 0 Å². The highest BCUT2D eigenvalue weighted by Gasteiger charge is 2.34. The highest BCUT2D eigenvalue weighted by molar-refractivity contribution is 6.31. The third kappa shape index (κ3) is 4.37. The van der Waals surface area contributed by atoms with E-state index in [2.05, 4.69) is 0 Å². The number of aliphatic hydroxyl groups excluding tert-OH is 1. The first-order valence-electron chi connectivity index (χ1n) is 6.07. The standard InChI is InChI=1S/C13H17ClF3NO/c1-2-3-4-11(19)12(18)8-5-6-10(14)9(7-8)13(15,16)17/h5-7,11-12,19H,2-4,18H2,1H3/t11-,12+/m1/s1. The lowest BCUT2D eigenvalue weighted by Crippen LogP contribution is -2.26. The highest BCUT2D eigenvalue weighted by atomic mass is 35.5. The van der Waals surface area contributed by atoms with Gasteiger partial charge >= 0.3 is 6.18 Å². The highest BCUT2D eigenvalue weighted by Crippen LogP contribution is 2.36. The second kappa shape index (κ2) is 6.59. The van der Waals surface area contributed by atoms with E-state index in [0.717, 1.165) is 25.0 Å². The third-order valence-electron chi connectivity index (χ3n) is 2.95. The number of nitrogens with two attached hydrogens (primary N) is 1. The number of alkyl halides is 3. The lowest BCUT2D eigenvalue weighted by atomic mass is 9.97. The van der Waals surface area contributed by atoms with Gasteiger partial charge in [-0.2, -0.15) is 13.2 Å². The van der Waals surface area contributed by atoms with Crippen LogP contribution >= 0.6 is 11.6 Å². The molecule has 0 aliphatic carbocycles. The Morgan fingerprint density at radius 3 is 2.53 bits per heavy atom. The molecule has 0 heterocycles. The molecule has 1 aromatic rings. The predicted molar refractivity (Wildman–Crippen MR) is 68.9 cm³/mol. The van der Waals surface area contributed by atoms with Crippen molar-refractivity contribution in [1.29, 1.82) is 0 Å². The van der Waals surface area contributed by atoms with Crippen molar-refractivity contribution in [3.8, 4) is 0 Å². The zero-order valence-electron chi connectivity index (χ0n) is 10.5. The summed E-state index contributed by atoms with van der Waals surface area (Å²) in [7, 11) is 0. The molecule has 19 heavy (non-hydrogen) atoms. The number of unbranched alkanes of at least 4 members (excludes halogenated alkanes) is 1. The first-order valence-corrected chi connectivity index (χ1v) is 6.45. The van der Waals surface area contributed by atoms with Gasteiger partial charge in [0.2, 0.25) is 0 Å². The molecule has 0 amide bonds. The van der Waals surface area contributed by atoms with Gasteiger partial charge in [0, 0.05) is 0 Å². The van der Waals surface area contributed by atoms with Crippen LogP contribution in [0.1, 0.15) is 43.4 Å². The topological polar surface area (TPSA) is 46.2 Å². The summed E-state index contributed by atoms with van der Waals surface area (Å²) in [5, 5.41) is 9.46. The minimum atomic E-state index is -4.53. The molecular weight excluding hydrogens is 279 g/mol. The summed E-state index contributed by atoms with van der Waals surface area (Å²) >= 11 is 5.53. The fourth-order valence-electron chi connectivity index (χ4n) is 1.78. The van der Waals surface area contributed by atoms with Gasteiger partial charge in [0.05, 0.1) is 22.7 Å². The molecule has 0 saturated carbocycles.